The summed E-state index contributed by atoms with van der Waals surface area (Å²) in [5, 5.41) is 3.37. The number of rotatable bonds is 4. The zero-order chi connectivity index (χ0) is 18.8. The normalized spacial score (nSPS) is 28.6. The lowest BCUT2D eigenvalue weighted by Gasteiger charge is -2.34. The predicted molar refractivity (Wildman–Crippen MR) is 111 cm³/mol. The van der Waals surface area contributed by atoms with E-state index < -0.39 is 0 Å². The van der Waals surface area contributed by atoms with E-state index in [0.717, 1.165) is 43.2 Å². The molecule has 3 aliphatic heterocycles. The minimum absolute atomic E-state index is 0.0495. The van der Waals surface area contributed by atoms with Crippen molar-refractivity contribution in [3.63, 3.8) is 0 Å². The molecule has 4 heteroatoms. The highest BCUT2D eigenvalue weighted by atomic mass is 16.2. The predicted octanol–water partition coefficient (Wildman–Crippen LogP) is 3.89. The van der Waals surface area contributed by atoms with Crippen LogP contribution < -0.4 is 10.2 Å². The SMILES string of the molecule is C=C(C(=O)N(C)c1ccc([C@H]2CC[C@H]3CCCCN32)cc1)C1CCCNC1. The van der Waals surface area contributed by atoms with Gasteiger partial charge in [0.15, 0.2) is 0 Å². The number of likely N-dealkylation sites (N-methyl/N-ethyl adjacent to an activating group) is 1. The number of carbonyl (C=O) groups excluding carboxylic acids is 1. The summed E-state index contributed by atoms with van der Waals surface area (Å²) in [7, 11) is 1.87. The molecule has 1 amide bonds. The number of nitrogens with one attached hydrogen (secondary N) is 1. The molecule has 0 aliphatic carbocycles. The van der Waals surface area contributed by atoms with Crippen molar-refractivity contribution in [1.82, 2.24) is 10.2 Å². The van der Waals surface area contributed by atoms with E-state index in [0.29, 0.717) is 6.04 Å². The maximum Gasteiger partial charge on any atom is 0.253 e. The molecule has 1 aromatic carbocycles. The number of piperidine rings is 2. The highest BCUT2D eigenvalue weighted by molar-refractivity contribution is 6.05. The second-order valence-electron chi connectivity index (χ2n) is 8.50. The van der Waals surface area contributed by atoms with Crippen LogP contribution in [-0.2, 0) is 4.79 Å². The summed E-state index contributed by atoms with van der Waals surface area (Å²) in [4.78, 5) is 17.3. The third-order valence-corrected chi connectivity index (χ3v) is 6.88. The van der Waals surface area contributed by atoms with Crippen molar-refractivity contribution in [3.05, 3.63) is 42.0 Å². The highest BCUT2D eigenvalue weighted by Gasteiger charge is 2.35. The Morgan fingerprint density at radius 2 is 1.93 bits per heavy atom. The highest BCUT2D eigenvalue weighted by Crippen LogP contribution is 2.40. The molecule has 3 aliphatic rings. The van der Waals surface area contributed by atoms with Gasteiger partial charge in [0, 0.05) is 42.9 Å². The van der Waals surface area contributed by atoms with Crippen molar-refractivity contribution in [3.8, 4) is 0 Å². The average Bonchev–Trinajstić information content (AvgIpc) is 3.17. The maximum absolute atomic E-state index is 12.9. The van der Waals surface area contributed by atoms with Crippen molar-refractivity contribution >= 4 is 11.6 Å². The Hall–Kier alpha value is -1.65. The van der Waals surface area contributed by atoms with E-state index in [4.69, 9.17) is 0 Å². The molecule has 0 saturated carbocycles. The molecule has 1 aromatic rings. The molecule has 3 heterocycles. The molecule has 0 aromatic heterocycles. The third kappa shape index (κ3) is 3.83. The quantitative estimate of drug-likeness (QED) is 0.820. The number of hydrogen-bond donors (Lipinski definition) is 1. The maximum atomic E-state index is 12.9. The number of carbonyl (C=O) groups is 1. The summed E-state index contributed by atoms with van der Waals surface area (Å²) >= 11 is 0. The minimum Gasteiger partial charge on any atom is -0.316 e. The Bertz CT molecular complexity index is 677. The van der Waals surface area contributed by atoms with Crippen molar-refractivity contribution < 1.29 is 4.79 Å². The van der Waals surface area contributed by atoms with Gasteiger partial charge in [0.1, 0.15) is 0 Å². The van der Waals surface area contributed by atoms with Crippen LogP contribution >= 0.6 is 0 Å². The van der Waals surface area contributed by atoms with Gasteiger partial charge in [-0.1, -0.05) is 25.1 Å². The average molecular weight is 368 g/mol. The number of nitrogens with zero attached hydrogens (tertiary/aromatic N) is 2. The lowest BCUT2D eigenvalue weighted by Crippen LogP contribution is -2.37. The summed E-state index contributed by atoms with van der Waals surface area (Å²) < 4.78 is 0. The first-order chi connectivity index (χ1) is 13.1. The Balaban J connectivity index is 1.42. The lowest BCUT2D eigenvalue weighted by molar-refractivity contribution is -0.115. The fourth-order valence-corrected chi connectivity index (χ4v) is 5.19. The lowest BCUT2D eigenvalue weighted by atomic mass is 9.91. The van der Waals surface area contributed by atoms with Gasteiger partial charge < -0.3 is 10.2 Å². The summed E-state index contributed by atoms with van der Waals surface area (Å²) in [5.41, 5.74) is 3.10. The largest absolute Gasteiger partial charge is 0.316 e. The van der Waals surface area contributed by atoms with Crippen LogP contribution in [-0.4, -0.2) is 43.5 Å². The molecule has 3 saturated heterocycles. The Morgan fingerprint density at radius 1 is 1.11 bits per heavy atom. The topological polar surface area (TPSA) is 35.6 Å². The Labute approximate surface area is 163 Å². The molecule has 3 fully saturated rings. The van der Waals surface area contributed by atoms with Crippen molar-refractivity contribution in [2.24, 2.45) is 5.92 Å². The Morgan fingerprint density at radius 3 is 2.67 bits per heavy atom. The summed E-state index contributed by atoms with van der Waals surface area (Å²) in [6.07, 6.45) is 8.87. The van der Waals surface area contributed by atoms with Gasteiger partial charge in [-0.3, -0.25) is 9.69 Å². The second-order valence-corrected chi connectivity index (χ2v) is 8.50. The van der Waals surface area contributed by atoms with Gasteiger partial charge in [-0.05, 0) is 69.3 Å². The van der Waals surface area contributed by atoms with Gasteiger partial charge in [0.25, 0.3) is 5.91 Å². The standard InChI is InChI=1S/C23H33N3O/c1-17(19-6-5-14-24-16-19)23(27)25(2)20-10-8-18(9-11-20)22-13-12-21-7-3-4-15-26(21)22/h8-11,19,21-22,24H,1,3-7,12-16H2,2H3/t19?,21-,22-/m1/s1. The van der Waals surface area contributed by atoms with Crippen LogP contribution in [0, 0.1) is 5.92 Å². The molecule has 0 bridgehead atoms. The van der Waals surface area contributed by atoms with E-state index >= 15 is 0 Å². The molecule has 27 heavy (non-hydrogen) atoms. The zero-order valence-electron chi connectivity index (χ0n) is 16.6. The van der Waals surface area contributed by atoms with Crippen LogP contribution in [0.1, 0.15) is 56.6 Å². The van der Waals surface area contributed by atoms with E-state index in [1.54, 1.807) is 4.90 Å². The van der Waals surface area contributed by atoms with E-state index in [1.165, 1.54) is 44.2 Å². The monoisotopic (exact) mass is 367 g/mol. The Kier molecular flexibility index (Phi) is 5.65. The van der Waals surface area contributed by atoms with Crippen LogP contribution in [0.15, 0.2) is 36.4 Å². The fraction of sp³-hybridized carbons (Fsp3) is 0.609. The van der Waals surface area contributed by atoms with E-state index in [9.17, 15) is 4.79 Å². The minimum atomic E-state index is 0.0495. The number of benzene rings is 1. The molecular formula is C23H33N3O. The van der Waals surface area contributed by atoms with Crippen LogP contribution in [0.25, 0.3) is 0 Å². The van der Waals surface area contributed by atoms with Gasteiger partial charge in [-0.2, -0.15) is 0 Å². The molecule has 0 radical (unpaired) electrons. The van der Waals surface area contributed by atoms with Gasteiger partial charge in [0.05, 0.1) is 0 Å². The summed E-state index contributed by atoms with van der Waals surface area (Å²) in [6.45, 7) is 7.27. The first kappa shape index (κ1) is 18.7. The molecule has 4 rings (SSSR count). The zero-order valence-corrected chi connectivity index (χ0v) is 16.6. The first-order valence-corrected chi connectivity index (χ1v) is 10.7. The fourth-order valence-electron chi connectivity index (χ4n) is 5.19. The third-order valence-electron chi connectivity index (χ3n) is 6.88. The van der Waals surface area contributed by atoms with Crippen LogP contribution in [0.3, 0.4) is 0 Å². The van der Waals surface area contributed by atoms with Crippen molar-refractivity contribution in [2.45, 2.75) is 57.0 Å². The van der Waals surface area contributed by atoms with Crippen LogP contribution in [0.4, 0.5) is 5.69 Å². The molecule has 4 nitrogen and oxygen atoms in total. The van der Waals surface area contributed by atoms with Gasteiger partial charge in [-0.25, -0.2) is 0 Å². The molecule has 146 valence electrons. The van der Waals surface area contributed by atoms with Crippen molar-refractivity contribution in [2.75, 3.05) is 31.6 Å². The number of anilines is 1. The first-order valence-electron chi connectivity index (χ1n) is 10.7. The number of amides is 1. The molecule has 3 atom stereocenters. The summed E-state index contributed by atoms with van der Waals surface area (Å²) in [6, 6.07) is 10.0. The van der Waals surface area contributed by atoms with Gasteiger partial charge in [-0.15, -0.1) is 0 Å². The van der Waals surface area contributed by atoms with E-state index in [2.05, 4.69) is 41.1 Å². The van der Waals surface area contributed by atoms with Crippen molar-refractivity contribution in [1.29, 1.82) is 0 Å². The number of fused-ring (bicyclic) bond motifs is 1. The molecule has 1 unspecified atom stereocenters. The van der Waals surface area contributed by atoms with Crippen LogP contribution in [0.2, 0.25) is 0 Å². The molecule has 0 spiro atoms. The van der Waals surface area contributed by atoms with E-state index in [1.807, 2.05) is 7.05 Å². The summed E-state index contributed by atoms with van der Waals surface area (Å²) in [5.74, 6) is 0.316. The van der Waals surface area contributed by atoms with E-state index in [-0.39, 0.29) is 11.8 Å². The van der Waals surface area contributed by atoms with Gasteiger partial charge >= 0.3 is 0 Å². The second kappa shape index (κ2) is 8.15. The molecule has 1 N–H and O–H groups in total. The van der Waals surface area contributed by atoms with Crippen LogP contribution in [0.5, 0.6) is 0 Å². The smallest absolute Gasteiger partial charge is 0.253 e. The number of hydrogen-bond acceptors (Lipinski definition) is 3. The molecular weight excluding hydrogens is 334 g/mol. The van der Waals surface area contributed by atoms with Gasteiger partial charge in [0.2, 0.25) is 0 Å².